The maximum Gasteiger partial charge on any atom is 0.00294 e. The van der Waals surface area contributed by atoms with Gasteiger partial charge in [-0.3, -0.25) is 0 Å². The topological polar surface area (TPSA) is 0 Å². The van der Waals surface area contributed by atoms with Crippen molar-refractivity contribution in [1.82, 2.24) is 0 Å². The second kappa shape index (κ2) is 5.45. The van der Waals surface area contributed by atoms with Gasteiger partial charge in [-0.1, -0.05) is 57.9 Å². The van der Waals surface area contributed by atoms with Crippen molar-refractivity contribution in [2.75, 3.05) is 0 Å². The predicted octanol–water partition coefficient (Wildman–Crippen LogP) is 5.78. The van der Waals surface area contributed by atoms with E-state index in [9.17, 15) is 0 Å². The van der Waals surface area contributed by atoms with E-state index in [1.807, 2.05) is 0 Å². The Morgan fingerprint density at radius 2 is 2.18 bits per heavy atom. The third-order valence-corrected chi connectivity index (χ3v) is 7.08. The lowest BCUT2D eigenvalue weighted by molar-refractivity contribution is 0.0118. The summed E-state index contributed by atoms with van der Waals surface area (Å²) in [5.41, 5.74) is 4.15. The van der Waals surface area contributed by atoms with E-state index in [0.29, 0.717) is 5.92 Å². The normalized spacial score (nSPS) is 43.8. The fourth-order valence-corrected chi connectivity index (χ4v) is 5.94. The van der Waals surface area contributed by atoms with Gasteiger partial charge in [0.25, 0.3) is 0 Å². The largest absolute Gasteiger partial charge is 0.115 e. The number of hydrogen-bond donors (Lipinski definition) is 0. The molecular formula is C22H30. The molecule has 6 unspecified atom stereocenters. The number of allylic oxidation sites excluding steroid dienone is 4. The zero-order valence-electron chi connectivity index (χ0n) is 14.5. The summed E-state index contributed by atoms with van der Waals surface area (Å²) in [4.78, 5) is 0. The number of fused-ring (bicyclic) bond motifs is 3. The van der Waals surface area contributed by atoms with Crippen molar-refractivity contribution in [1.29, 1.82) is 0 Å². The number of rotatable bonds is 2. The Morgan fingerprint density at radius 3 is 2.82 bits per heavy atom. The van der Waals surface area contributed by atoms with Gasteiger partial charge in [0.2, 0.25) is 0 Å². The molecule has 2 saturated carbocycles. The van der Waals surface area contributed by atoms with E-state index in [-0.39, 0.29) is 5.41 Å². The van der Waals surface area contributed by atoms with Gasteiger partial charge in [-0.05, 0) is 60.8 Å². The molecule has 0 radical (unpaired) electrons. The van der Waals surface area contributed by atoms with Crippen LogP contribution in [0.3, 0.4) is 0 Å². The first-order chi connectivity index (χ1) is 10.4. The lowest BCUT2D eigenvalue weighted by Gasteiger charge is -2.54. The second-order valence-corrected chi connectivity index (χ2v) is 8.17. The van der Waals surface area contributed by atoms with E-state index in [4.69, 9.17) is 6.42 Å². The Hall–Kier alpha value is -1.22. The highest BCUT2D eigenvalue weighted by molar-refractivity contribution is 5.40. The van der Waals surface area contributed by atoms with Crippen molar-refractivity contribution in [2.45, 2.75) is 52.9 Å². The molecule has 0 N–H and O–H groups in total. The molecular weight excluding hydrogens is 264 g/mol. The van der Waals surface area contributed by atoms with E-state index >= 15 is 0 Å². The third kappa shape index (κ3) is 2.13. The Morgan fingerprint density at radius 1 is 1.45 bits per heavy atom. The van der Waals surface area contributed by atoms with E-state index in [1.54, 1.807) is 5.57 Å². The molecule has 0 saturated heterocycles. The maximum absolute atomic E-state index is 5.73. The molecule has 0 bridgehead atoms. The van der Waals surface area contributed by atoms with Crippen LogP contribution in [0.1, 0.15) is 52.9 Å². The molecule has 22 heavy (non-hydrogen) atoms. The zero-order valence-corrected chi connectivity index (χ0v) is 14.5. The second-order valence-electron chi connectivity index (χ2n) is 8.17. The molecule has 0 spiro atoms. The lowest BCUT2D eigenvalue weighted by atomic mass is 9.50. The molecule has 3 aliphatic carbocycles. The summed E-state index contributed by atoms with van der Waals surface area (Å²) in [5.74, 6) is 6.60. The van der Waals surface area contributed by atoms with Gasteiger partial charge in [-0.25, -0.2) is 0 Å². The minimum Gasteiger partial charge on any atom is -0.115 e. The standard InChI is InChI=1S/C22H30/c1-7-16(5)22(6)10-9-17-19-12-14(3)11-18(19)15(4)13-20(17)21(22)8-2/h1,11,14,17,19-21H,4-5,8-10,12-13H2,2-3,6H3. The number of terminal acetylenes is 1. The van der Waals surface area contributed by atoms with Gasteiger partial charge >= 0.3 is 0 Å². The fourth-order valence-electron chi connectivity index (χ4n) is 5.94. The van der Waals surface area contributed by atoms with Crippen LogP contribution in [-0.4, -0.2) is 0 Å². The lowest BCUT2D eigenvalue weighted by Crippen LogP contribution is -2.46. The molecule has 0 heteroatoms. The molecule has 3 aliphatic rings. The summed E-state index contributed by atoms with van der Waals surface area (Å²) in [6.07, 6.45) is 14.4. The first kappa shape index (κ1) is 15.7. The molecule has 0 aromatic heterocycles. The molecule has 0 aromatic rings. The average molecular weight is 294 g/mol. The van der Waals surface area contributed by atoms with Crippen LogP contribution < -0.4 is 0 Å². The van der Waals surface area contributed by atoms with Gasteiger partial charge in [0.15, 0.2) is 0 Å². The van der Waals surface area contributed by atoms with Crippen LogP contribution in [0.4, 0.5) is 0 Å². The fraction of sp³-hybridized carbons (Fsp3) is 0.636. The third-order valence-electron chi connectivity index (χ3n) is 7.08. The summed E-state index contributed by atoms with van der Waals surface area (Å²) in [6, 6.07) is 0. The molecule has 3 rings (SSSR count). The maximum atomic E-state index is 5.73. The molecule has 2 fully saturated rings. The SMILES string of the molecule is C#CC(=C)C1(C)CCC2C3CC(C)C=C3C(=C)CC2C1CC. The van der Waals surface area contributed by atoms with Crippen molar-refractivity contribution in [2.24, 2.45) is 35.0 Å². The monoisotopic (exact) mass is 294 g/mol. The Bertz CT molecular complexity index is 569. The zero-order chi connectivity index (χ0) is 16.1. The van der Waals surface area contributed by atoms with Gasteiger partial charge in [0.1, 0.15) is 0 Å². The van der Waals surface area contributed by atoms with E-state index in [2.05, 4.69) is 45.9 Å². The van der Waals surface area contributed by atoms with Crippen LogP contribution in [0, 0.1) is 47.3 Å². The van der Waals surface area contributed by atoms with Crippen molar-refractivity contribution < 1.29 is 0 Å². The Labute approximate surface area is 136 Å². The Balaban J connectivity index is 1.95. The summed E-state index contributed by atoms with van der Waals surface area (Å²) < 4.78 is 0. The summed E-state index contributed by atoms with van der Waals surface area (Å²) >= 11 is 0. The van der Waals surface area contributed by atoms with Crippen molar-refractivity contribution in [3.8, 4) is 12.3 Å². The molecule has 0 aromatic carbocycles. The van der Waals surface area contributed by atoms with Crippen LogP contribution in [-0.2, 0) is 0 Å². The Kier molecular flexibility index (Phi) is 3.88. The molecule has 6 atom stereocenters. The van der Waals surface area contributed by atoms with Crippen LogP contribution in [0.5, 0.6) is 0 Å². The molecule has 0 nitrogen and oxygen atoms in total. The first-order valence-electron chi connectivity index (χ1n) is 8.98. The predicted molar refractivity (Wildman–Crippen MR) is 95.2 cm³/mol. The van der Waals surface area contributed by atoms with Gasteiger partial charge in [0, 0.05) is 11.0 Å². The van der Waals surface area contributed by atoms with Crippen molar-refractivity contribution in [3.63, 3.8) is 0 Å². The summed E-state index contributed by atoms with van der Waals surface area (Å²) in [6.45, 7) is 15.7. The van der Waals surface area contributed by atoms with Crippen LogP contribution in [0.25, 0.3) is 0 Å². The first-order valence-corrected chi connectivity index (χ1v) is 8.98. The van der Waals surface area contributed by atoms with E-state index in [0.717, 1.165) is 29.2 Å². The molecule has 0 heterocycles. The summed E-state index contributed by atoms with van der Waals surface area (Å²) in [5, 5.41) is 0. The number of hydrogen-bond acceptors (Lipinski definition) is 0. The highest BCUT2D eigenvalue weighted by atomic mass is 14.6. The van der Waals surface area contributed by atoms with E-state index < -0.39 is 0 Å². The summed E-state index contributed by atoms with van der Waals surface area (Å²) in [7, 11) is 0. The smallest absolute Gasteiger partial charge is 0.00294 e. The molecule has 0 aliphatic heterocycles. The van der Waals surface area contributed by atoms with Crippen molar-refractivity contribution >= 4 is 0 Å². The average Bonchev–Trinajstić information content (AvgIpc) is 2.88. The van der Waals surface area contributed by atoms with Gasteiger partial charge in [-0.15, -0.1) is 6.42 Å². The van der Waals surface area contributed by atoms with Crippen LogP contribution >= 0.6 is 0 Å². The minimum absolute atomic E-state index is 0.121. The van der Waals surface area contributed by atoms with Gasteiger partial charge < -0.3 is 0 Å². The highest BCUT2D eigenvalue weighted by Gasteiger charge is 2.52. The molecule has 118 valence electrons. The van der Waals surface area contributed by atoms with Crippen molar-refractivity contribution in [3.05, 3.63) is 36.0 Å². The molecule has 0 amide bonds. The van der Waals surface area contributed by atoms with Gasteiger partial charge in [0.05, 0.1) is 0 Å². The minimum atomic E-state index is 0.121. The van der Waals surface area contributed by atoms with Crippen LogP contribution in [0.2, 0.25) is 0 Å². The quantitative estimate of drug-likeness (QED) is 0.567. The van der Waals surface area contributed by atoms with E-state index in [1.165, 1.54) is 37.7 Å². The van der Waals surface area contributed by atoms with Crippen LogP contribution in [0.15, 0.2) is 36.0 Å². The highest BCUT2D eigenvalue weighted by Crippen LogP contribution is 2.60. The van der Waals surface area contributed by atoms with Gasteiger partial charge in [-0.2, -0.15) is 0 Å².